The Labute approximate surface area is 223 Å². The molecule has 6 rings (SSSR count). The molecular formula is C25H16Br2Cl2N4O. The fraction of sp³-hybridized carbons (Fsp3) is 0.120. The normalized spacial score (nSPS) is 18.8. The van der Waals surface area contributed by atoms with Crippen molar-refractivity contribution >= 4 is 66.7 Å². The predicted octanol–water partition coefficient (Wildman–Crippen LogP) is 7.69. The van der Waals surface area contributed by atoms with Crippen molar-refractivity contribution in [3.05, 3.63) is 108 Å². The molecule has 0 aliphatic carbocycles. The molecule has 0 saturated heterocycles. The van der Waals surface area contributed by atoms with Crippen LogP contribution in [-0.4, -0.2) is 21.8 Å². The van der Waals surface area contributed by atoms with Crippen LogP contribution >= 0.6 is 55.1 Å². The molecule has 9 heteroatoms. The first-order valence-electron chi connectivity index (χ1n) is 10.5. The van der Waals surface area contributed by atoms with Crippen molar-refractivity contribution in [1.82, 2.24) is 14.8 Å². The number of hydrogen-bond donors (Lipinski definition) is 0. The lowest BCUT2D eigenvalue weighted by atomic mass is 9.84. The predicted molar refractivity (Wildman–Crippen MR) is 142 cm³/mol. The van der Waals surface area contributed by atoms with Gasteiger partial charge >= 0.3 is 0 Å². The smallest absolute Gasteiger partial charge is 0.229 e. The van der Waals surface area contributed by atoms with Crippen LogP contribution in [0.4, 0.5) is 5.95 Å². The molecule has 3 aromatic carbocycles. The summed E-state index contributed by atoms with van der Waals surface area (Å²) < 4.78 is 10.6. The molecule has 2 aliphatic rings. The summed E-state index contributed by atoms with van der Waals surface area (Å²) in [4.78, 5) is 6.61. The maximum atomic E-state index is 6.67. The van der Waals surface area contributed by atoms with Crippen LogP contribution in [0.2, 0.25) is 10.0 Å². The van der Waals surface area contributed by atoms with Crippen LogP contribution in [0.1, 0.15) is 28.8 Å². The second kappa shape index (κ2) is 8.41. The molecule has 0 spiro atoms. The number of halogens is 4. The SMILES string of the molecule is CN1C2=C(C(c3ccc(Br)cc3)Oc3c(Cl)cc(Cl)cc32)C(c2ccc(Br)cc2)n2ncnc21. The zero-order valence-electron chi connectivity index (χ0n) is 17.7. The first-order valence-corrected chi connectivity index (χ1v) is 12.8. The summed E-state index contributed by atoms with van der Waals surface area (Å²) in [6.45, 7) is 0. The Balaban J connectivity index is 1.68. The van der Waals surface area contributed by atoms with E-state index < -0.39 is 6.10 Å². The monoisotopic (exact) mass is 616 g/mol. The highest BCUT2D eigenvalue weighted by Crippen LogP contribution is 2.54. The summed E-state index contributed by atoms with van der Waals surface area (Å²) >= 11 is 20.2. The molecular weight excluding hydrogens is 603 g/mol. The van der Waals surface area contributed by atoms with Gasteiger partial charge in [0.15, 0.2) is 0 Å². The Kier molecular flexibility index (Phi) is 5.48. The number of ether oxygens (including phenoxy) is 1. The van der Waals surface area contributed by atoms with Crippen LogP contribution in [0.5, 0.6) is 5.75 Å². The summed E-state index contributed by atoms with van der Waals surface area (Å²) in [6, 6.07) is 19.8. The Hall–Kier alpha value is -2.32. The Morgan fingerprint density at radius 3 is 2.24 bits per heavy atom. The van der Waals surface area contributed by atoms with Gasteiger partial charge in [-0.05, 0) is 47.5 Å². The van der Waals surface area contributed by atoms with Gasteiger partial charge in [-0.15, -0.1) is 0 Å². The average Bonchev–Trinajstić information content (AvgIpc) is 3.30. The second-order valence-electron chi connectivity index (χ2n) is 8.14. The van der Waals surface area contributed by atoms with Crippen molar-refractivity contribution in [1.29, 1.82) is 0 Å². The quantitative estimate of drug-likeness (QED) is 0.231. The van der Waals surface area contributed by atoms with E-state index in [0.717, 1.165) is 42.9 Å². The number of benzene rings is 3. The zero-order valence-corrected chi connectivity index (χ0v) is 22.4. The van der Waals surface area contributed by atoms with E-state index >= 15 is 0 Å². The molecule has 170 valence electrons. The topological polar surface area (TPSA) is 43.2 Å². The lowest BCUT2D eigenvalue weighted by Crippen LogP contribution is -2.37. The second-order valence-corrected chi connectivity index (χ2v) is 10.8. The summed E-state index contributed by atoms with van der Waals surface area (Å²) in [5.41, 5.74) is 4.91. The minimum absolute atomic E-state index is 0.239. The van der Waals surface area contributed by atoms with Crippen LogP contribution in [0, 0.1) is 0 Å². The number of aromatic nitrogens is 3. The van der Waals surface area contributed by atoms with Gasteiger partial charge in [-0.1, -0.05) is 79.3 Å². The summed E-state index contributed by atoms with van der Waals surface area (Å²) in [5.74, 6) is 1.33. The molecule has 2 unspecified atom stereocenters. The maximum Gasteiger partial charge on any atom is 0.229 e. The van der Waals surface area contributed by atoms with Gasteiger partial charge in [0.05, 0.1) is 10.7 Å². The van der Waals surface area contributed by atoms with Crippen LogP contribution in [0.3, 0.4) is 0 Å². The molecule has 0 saturated carbocycles. The number of nitrogens with zero attached hydrogens (tertiary/aromatic N) is 4. The molecule has 0 fully saturated rings. The van der Waals surface area contributed by atoms with Gasteiger partial charge in [-0.25, -0.2) is 4.68 Å². The highest BCUT2D eigenvalue weighted by atomic mass is 79.9. The van der Waals surface area contributed by atoms with Gasteiger partial charge in [-0.3, -0.25) is 0 Å². The summed E-state index contributed by atoms with van der Waals surface area (Å²) in [5, 5.41) is 5.63. The lowest BCUT2D eigenvalue weighted by Gasteiger charge is -2.42. The van der Waals surface area contributed by atoms with E-state index in [0.29, 0.717) is 15.8 Å². The molecule has 1 aromatic heterocycles. The van der Waals surface area contributed by atoms with Gasteiger partial charge in [-0.2, -0.15) is 10.1 Å². The van der Waals surface area contributed by atoms with Gasteiger partial charge in [0, 0.05) is 32.2 Å². The van der Waals surface area contributed by atoms with Crippen LogP contribution in [-0.2, 0) is 0 Å². The van der Waals surface area contributed by atoms with Crippen LogP contribution < -0.4 is 9.64 Å². The molecule has 2 aliphatic heterocycles. The third kappa shape index (κ3) is 3.49. The van der Waals surface area contributed by atoms with Crippen molar-refractivity contribution < 1.29 is 4.74 Å². The van der Waals surface area contributed by atoms with Crippen molar-refractivity contribution in [3.63, 3.8) is 0 Å². The van der Waals surface area contributed by atoms with Gasteiger partial charge in [0.2, 0.25) is 5.95 Å². The molecule has 3 heterocycles. The van der Waals surface area contributed by atoms with Gasteiger partial charge in [0.25, 0.3) is 0 Å². The van der Waals surface area contributed by atoms with E-state index in [9.17, 15) is 0 Å². The van der Waals surface area contributed by atoms with Crippen molar-refractivity contribution in [2.45, 2.75) is 12.1 Å². The fourth-order valence-electron chi connectivity index (χ4n) is 4.71. The largest absolute Gasteiger partial charge is 0.479 e. The maximum absolute atomic E-state index is 6.67. The number of fused-ring (bicyclic) bond motifs is 3. The summed E-state index contributed by atoms with van der Waals surface area (Å²) in [7, 11) is 1.98. The molecule has 4 aromatic rings. The van der Waals surface area contributed by atoms with E-state index in [1.165, 1.54) is 0 Å². The highest BCUT2D eigenvalue weighted by Gasteiger charge is 2.43. The molecule has 0 amide bonds. The van der Waals surface area contributed by atoms with Gasteiger partial charge in [0.1, 0.15) is 24.2 Å². The van der Waals surface area contributed by atoms with E-state index in [1.807, 2.05) is 47.0 Å². The van der Waals surface area contributed by atoms with Gasteiger partial charge < -0.3 is 9.64 Å². The number of hydrogen-bond acceptors (Lipinski definition) is 4. The minimum Gasteiger partial charge on any atom is -0.479 e. The van der Waals surface area contributed by atoms with E-state index in [2.05, 4.69) is 66.2 Å². The standard InChI is InChI=1S/C25H16Br2Cl2N4O/c1-32-22-18-10-17(28)11-19(29)24(18)34-23(14-4-8-16(27)9-5-14)20(22)21(33-25(32)30-12-31-33)13-2-6-15(26)7-3-13/h2-12,21,23H,1H3. The van der Waals surface area contributed by atoms with E-state index in [4.69, 9.17) is 27.9 Å². The molecule has 34 heavy (non-hydrogen) atoms. The Bertz CT molecular complexity index is 1450. The third-order valence-corrected chi connectivity index (χ3v) is 7.70. The molecule has 5 nitrogen and oxygen atoms in total. The summed E-state index contributed by atoms with van der Waals surface area (Å²) in [6.07, 6.45) is 1.18. The molecule has 0 N–H and O–H groups in total. The molecule has 0 radical (unpaired) electrons. The zero-order chi connectivity index (χ0) is 23.6. The number of anilines is 1. The third-order valence-electron chi connectivity index (χ3n) is 6.14. The van der Waals surface area contributed by atoms with Crippen LogP contribution in [0.25, 0.3) is 5.70 Å². The van der Waals surface area contributed by atoms with Crippen molar-refractivity contribution in [2.24, 2.45) is 0 Å². The Morgan fingerprint density at radius 1 is 0.912 bits per heavy atom. The Morgan fingerprint density at radius 2 is 1.56 bits per heavy atom. The lowest BCUT2D eigenvalue weighted by molar-refractivity contribution is 0.222. The fourth-order valence-corrected chi connectivity index (χ4v) is 5.78. The average molecular weight is 619 g/mol. The molecule has 0 bridgehead atoms. The van der Waals surface area contributed by atoms with Crippen molar-refractivity contribution in [2.75, 3.05) is 11.9 Å². The first-order chi connectivity index (χ1) is 16.4. The van der Waals surface area contributed by atoms with Crippen LogP contribution in [0.15, 0.2) is 81.5 Å². The molecule has 2 atom stereocenters. The number of rotatable bonds is 2. The first kappa shape index (κ1) is 22.2. The minimum atomic E-state index is -0.400. The highest BCUT2D eigenvalue weighted by molar-refractivity contribution is 9.10. The van der Waals surface area contributed by atoms with E-state index in [-0.39, 0.29) is 6.04 Å². The van der Waals surface area contributed by atoms with E-state index in [1.54, 1.807) is 12.4 Å². The van der Waals surface area contributed by atoms with Crippen molar-refractivity contribution in [3.8, 4) is 5.75 Å².